The predicted molar refractivity (Wildman–Crippen MR) is 91.5 cm³/mol. The third-order valence-electron chi connectivity index (χ3n) is 4.20. The Balaban J connectivity index is 1.62. The quantitative estimate of drug-likeness (QED) is 0.893. The van der Waals surface area contributed by atoms with E-state index >= 15 is 0 Å². The standard InChI is InChI=1S/C18H20FN3O3/c1-2-17(23)22-8-7-13(11-22)20-18(24)21-15-10-12(5-6-14(15)19)16-4-3-9-25-16/h3-6,9-10,13H,2,7-8,11H2,1H3,(H2,20,21,24)/t13-/m0/s1. The van der Waals surface area contributed by atoms with Gasteiger partial charge >= 0.3 is 6.03 Å². The molecule has 1 aromatic carbocycles. The molecule has 0 unspecified atom stereocenters. The van der Waals surface area contributed by atoms with Crippen molar-refractivity contribution in [2.45, 2.75) is 25.8 Å². The summed E-state index contributed by atoms with van der Waals surface area (Å²) in [6.45, 7) is 2.92. The van der Waals surface area contributed by atoms with Gasteiger partial charge in [0.1, 0.15) is 11.6 Å². The van der Waals surface area contributed by atoms with Gasteiger partial charge in [0.15, 0.2) is 0 Å². The zero-order valence-electron chi connectivity index (χ0n) is 13.9. The van der Waals surface area contributed by atoms with Gasteiger partial charge in [-0.15, -0.1) is 0 Å². The molecule has 0 aliphatic carbocycles. The molecule has 1 fully saturated rings. The number of benzene rings is 1. The highest BCUT2D eigenvalue weighted by Gasteiger charge is 2.26. The summed E-state index contributed by atoms with van der Waals surface area (Å²) in [5.41, 5.74) is 0.744. The second-order valence-corrected chi connectivity index (χ2v) is 5.95. The third kappa shape index (κ3) is 3.99. The normalized spacial score (nSPS) is 16.7. The molecule has 0 spiro atoms. The number of hydrogen-bond donors (Lipinski definition) is 2. The van der Waals surface area contributed by atoms with Gasteiger partial charge in [-0.05, 0) is 36.8 Å². The summed E-state index contributed by atoms with van der Waals surface area (Å²) in [7, 11) is 0. The monoisotopic (exact) mass is 345 g/mol. The molecule has 3 amide bonds. The van der Waals surface area contributed by atoms with Crippen LogP contribution in [0, 0.1) is 5.82 Å². The lowest BCUT2D eigenvalue weighted by Gasteiger charge is -2.17. The maximum absolute atomic E-state index is 14.0. The van der Waals surface area contributed by atoms with E-state index in [0.717, 1.165) is 0 Å². The van der Waals surface area contributed by atoms with Gasteiger partial charge in [-0.3, -0.25) is 4.79 Å². The molecule has 1 atom stereocenters. The van der Waals surface area contributed by atoms with E-state index in [9.17, 15) is 14.0 Å². The number of urea groups is 1. The number of likely N-dealkylation sites (tertiary alicyclic amines) is 1. The van der Waals surface area contributed by atoms with Crippen LogP contribution in [-0.4, -0.2) is 36.0 Å². The minimum atomic E-state index is -0.528. The fraction of sp³-hybridized carbons (Fsp3) is 0.333. The number of nitrogens with zero attached hydrogens (tertiary/aromatic N) is 1. The van der Waals surface area contributed by atoms with Crippen molar-refractivity contribution >= 4 is 17.6 Å². The van der Waals surface area contributed by atoms with Gasteiger partial charge in [0.2, 0.25) is 5.91 Å². The molecule has 3 rings (SSSR count). The highest BCUT2D eigenvalue weighted by molar-refractivity contribution is 5.90. The first kappa shape index (κ1) is 17.0. The van der Waals surface area contributed by atoms with Crippen molar-refractivity contribution in [2.75, 3.05) is 18.4 Å². The lowest BCUT2D eigenvalue weighted by atomic mass is 10.1. The Hall–Kier alpha value is -2.83. The van der Waals surface area contributed by atoms with Crippen molar-refractivity contribution in [1.29, 1.82) is 0 Å². The summed E-state index contributed by atoms with van der Waals surface area (Å²) in [5, 5.41) is 5.31. The van der Waals surface area contributed by atoms with Gasteiger partial charge in [0, 0.05) is 31.1 Å². The highest BCUT2D eigenvalue weighted by Crippen LogP contribution is 2.25. The fourth-order valence-electron chi connectivity index (χ4n) is 2.89. The lowest BCUT2D eigenvalue weighted by Crippen LogP contribution is -2.40. The van der Waals surface area contributed by atoms with Gasteiger partial charge in [0.05, 0.1) is 12.0 Å². The largest absolute Gasteiger partial charge is 0.464 e. The number of anilines is 1. The van der Waals surface area contributed by atoms with E-state index in [2.05, 4.69) is 10.6 Å². The number of rotatable bonds is 4. The summed E-state index contributed by atoms with van der Waals surface area (Å²) in [5.74, 6) is 0.134. The molecule has 6 nitrogen and oxygen atoms in total. The molecule has 2 aromatic rings. The molecule has 0 bridgehead atoms. The Bertz CT molecular complexity index is 761. The van der Waals surface area contributed by atoms with Gasteiger partial charge in [0.25, 0.3) is 0 Å². The second-order valence-electron chi connectivity index (χ2n) is 5.95. The Morgan fingerprint density at radius 3 is 2.92 bits per heavy atom. The van der Waals surface area contributed by atoms with Crippen LogP contribution in [0.3, 0.4) is 0 Å². The van der Waals surface area contributed by atoms with E-state index in [1.54, 1.807) is 23.1 Å². The van der Waals surface area contributed by atoms with Gasteiger partial charge in [-0.25, -0.2) is 9.18 Å². The smallest absolute Gasteiger partial charge is 0.319 e. The van der Waals surface area contributed by atoms with E-state index < -0.39 is 11.8 Å². The average Bonchev–Trinajstić information content (AvgIpc) is 3.28. The van der Waals surface area contributed by atoms with Crippen molar-refractivity contribution in [1.82, 2.24) is 10.2 Å². The van der Waals surface area contributed by atoms with Crippen LogP contribution >= 0.6 is 0 Å². The number of nitrogens with one attached hydrogen (secondary N) is 2. The van der Waals surface area contributed by atoms with Crippen LogP contribution in [0.5, 0.6) is 0 Å². The minimum absolute atomic E-state index is 0.0712. The first-order valence-electron chi connectivity index (χ1n) is 8.25. The molecule has 2 N–H and O–H groups in total. The molecule has 1 aromatic heterocycles. The van der Waals surface area contributed by atoms with Gasteiger partial charge in [-0.1, -0.05) is 6.92 Å². The maximum atomic E-state index is 14.0. The van der Waals surface area contributed by atoms with Crippen LogP contribution in [0.1, 0.15) is 19.8 Å². The third-order valence-corrected chi connectivity index (χ3v) is 4.20. The number of carbonyl (C=O) groups is 2. The predicted octanol–water partition coefficient (Wildman–Crippen LogP) is 3.22. The van der Waals surface area contributed by atoms with Gasteiger partial charge < -0.3 is 20.0 Å². The van der Waals surface area contributed by atoms with Crippen molar-refractivity contribution in [3.8, 4) is 11.3 Å². The van der Waals surface area contributed by atoms with Crippen LogP contribution in [-0.2, 0) is 4.79 Å². The van der Waals surface area contributed by atoms with Gasteiger partial charge in [-0.2, -0.15) is 0 Å². The Kier molecular flexibility index (Phi) is 5.02. The van der Waals surface area contributed by atoms with Crippen LogP contribution in [0.2, 0.25) is 0 Å². The molecule has 0 radical (unpaired) electrons. The van der Waals surface area contributed by atoms with Crippen molar-refractivity contribution in [3.63, 3.8) is 0 Å². The van der Waals surface area contributed by atoms with E-state index in [1.165, 1.54) is 18.4 Å². The Morgan fingerprint density at radius 1 is 1.36 bits per heavy atom. The molecule has 2 heterocycles. The van der Waals surface area contributed by atoms with Crippen LogP contribution in [0.4, 0.5) is 14.9 Å². The number of furan rings is 1. The molecule has 25 heavy (non-hydrogen) atoms. The molecule has 1 aliphatic rings. The summed E-state index contributed by atoms with van der Waals surface area (Å²) < 4.78 is 19.3. The molecule has 0 saturated carbocycles. The number of amides is 3. The maximum Gasteiger partial charge on any atom is 0.319 e. The van der Waals surface area contributed by atoms with Crippen molar-refractivity contribution in [2.24, 2.45) is 0 Å². The summed E-state index contributed by atoms with van der Waals surface area (Å²) in [6, 6.07) is 7.26. The first-order chi connectivity index (χ1) is 12.1. The zero-order chi connectivity index (χ0) is 17.8. The van der Waals surface area contributed by atoms with Crippen molar-refractivity contribution in [3.05, 3.63) is 42.4 Å². The number of hydrogen-bond acceptors (Lipinski definition) is 3. The van der Waals surface area contributed by atoms with E-state index in [0.29, 0.717) is 37.3 Å². The molecule has 1 aliphatic heterocycles. The van der Waals surface area contributed by atoms with Crippen LogP contribution in [0.15, 0.2) is 41.0 Å². The van der Waals surface area contributed by atoms with E-state index in [1.807, 2.05) is 6.92 Å². The minimum Gasteiger partial charge on any atom is -0.464 e. The SMILES string of the molecule is CCC(=O)N1CC[C@H](NC(=O)Nc2cc(-c3ccco3)ccc2F)C1. The average molecular weight is 345 g/mol. The van der Waals surface area contributed by atoms with Crippen LogP contribution < -0.4 is 10.6 Å². The highest BCUT2D eigenvalue weighted by atomic mass is 19.1. The number of carbonyl (C=O) groups excluding carboxylic acids is 2. The molecule has 7 heteroatoms. The second kappa shape index (κ2) is 7.38. The van der Waals surface area contributed by atoms with E-state index in [4.69, 9.17) is 4.42 Å². The lowest BCUT2D eigenvalue weighted by molar-refractivity contribution is -0.129. The van der Waals surface area contributed by atoms with E-state index in [-0.39, 0.29) is 17.6 Å². The number of halogens is 1. The Morgan fingerprint density at radius 2 is 2.20 bits per heavy atom. The topological polar surface area (TPSA) is 74.6 Å². The fourth-order valence-corrected chi connectivity index (χ4v) is 2.89. The molecular weight excluding hydrogens is 325 g/mol. The van der Waals surface area contributed by atoms with Crippen LogP contribution in [0.25, 0.3) is 11.3 Å². The summed E-state index contributed by atoms with van der Waals surface area (Å²) in [6.07, 6.45) is 2.67. The Labute approximate surface area is 145 Å². The first-order valence-corrected chi connectivity index (χ1v) is 8.25. The van der Waals surface area contributed by atoms with Crippen molar-refractivity contribution < 1.29 is 18.4 Å². The summed E-state index contributed by atoms with van der Waals surface area (Å²) >= 11 is 0. The summed E-state index contributed by atoms with van der Waals surface area (Å²) in [4.78, 5) is 25.5. The molecular formula is C18H20FN3O3. The zero-order valence-corrected chi connectivity index (χ0v) is 13.9. The molecule has 132 valence electrons. The molecule has 1 saturated heterocycles.